The van der Waals surface area contributed by atoms with Gasteiger partial charge in [0.1, 0.15) is 0 Å². The van der Waals surface area contributed by atoms with E-state index in [2.05, 4.69) is 9.84 Å². The van der Waals surface area contributed by atoms with Crippen molar-refractivity contribution in [3.63, 3.8) is 0 Å². The predicted octanol–water partition coefficient (Wildman–Crippen LogP) is 3.27. The molecule has 2 heterocycles. The summed E-state index contributed by atoms with van der Waals surface area (Å²) in [4.78, 5) is 1.71. The molecule has 134 valence electrons. The van der Waals surface area contributed by atoms with E-state index in [1.165, 1.54) is 0 Å². The number of hydrogen-bond acceptors (Lipinski definition) is 3. The van der Waals surface area contributed by atoms with Crippen molar-refractivity contribution < 1.29 is 22.3 Å². The van der Waals surface area contributed by atoms with E-state index >= 15 is 0 Å². The van der Waals surface area contributed by atoms with Gasteiger partial charge in [0.05, 0.1) is 13.3 Å². The maximum Gasteiger partial charge on any atom is 0.204 e. The number of aromatic nitrogens is 2. The molecule has 0 atom stereocenters. The summed E-state index contributed by atoms with van der Waals surface area (Å²) in [7, 11) is 2.77. The highest BCUT2D eigenvalue weighted by Crippen LogP contribution is 2.31. The summed E-state index contributed by atoms with van der Waals surface area (Å²) in [6.07, 6.45) is 6.20. The molecule has 0 aliphatic carbocycles. The van der Waals surface area contributed by atoms with Crippen molar-refractivity contribution in [3.05, 3.63) is 52.9 Å². The lowest BCUT2D eigenvalue weighted by atomic mass is 10.0. The lowest BCUT2D eigenvalue weighted by molar-refractivity contribution is 0.272. The number of aryl methyl sites for hydroxylation is 1. The molecule has 25 heavy (non-hydrogen) atoms. The third-order valence-electron chi connectivity index (χ3n) is 4.27. The Morgan fingerprint density at radius 3 is 2.28 bits per heavy atom. The minimum Gasteiger partial charge on any atom is -0.491 e. The molecule has 0 fully saturated rings. The van der Waals surface area contributed by atoms with E-state index in [-0.39, 0.29) is 6.54 Å². The largest absolute Gasteiger partial charge is 0.491 e. The SMILES string of the molecule is COc1c(F)c(F)c(CN2CC=C(c3cnn(C)c3)CC2)c(F)c1F. The second-order valence-electron chi connectivity index (χ2n) is 5.88. The van der Waals surface area contributed by atoms with Gasteiger partial charge in [0.2, 0.25) is 11.6 Å². The minimum atomic E-state index is -1.51. The van der Waals surface area contributed by atoms with Crippen LogP contribution in [0.3, 0.4) is 0 Å². The van der Waals surface area contributed by atoms with E-state index < -0.39 is 34.6 Å². The molecular formula is C17H17F4N3O. The van der Waals surface area contributed by atoms with Gasteiger partial charge in [0, 0.05) is 44.0 Å². The molecule has 3 rings (SSSR count). The third-order valence-corrected chi connectivity index (χ3v) is 4.27. The Kier molecular flexibility index (Phi) is 4.80. The van der Waals surface area contributed by atoms with Gasteiger partial charge in [-0.1, -0.05) is 6.08 Å². The van der Waals surface area contributed by atoms with Crippen molar-refractivity contribution in [2.24, 2.45) is 7.05 Å². The Morgan fingerprint density at radius 1 is 1.12 bits per heavy atom. The average Bonchev–Trinajstić information content (AvgIpc) is 3.04. The van der Waals surface area contributed by atoms with Crippen molar-refractivity contribution in [2.75, 3.05) is 20.2 Å². The predicted molar refractivity (Wildman–Crippen MR) is 83.9 cm³/mol. The smallest absolute Gasteiger partial charge is 0.204 e. The summed E-state index contributed by atoms with van der Waals surface area (Å²) in [5.74, 6) is -6.91. The molecule has 0 radical (unpaired) electrons. The number of methoxy groups -OCH3 is 1. The third kappa shape index (κ3) is 3.26. The van der Waals surface area contributed by atoms with Crippen molar-refractivity contribution in [1.82, 2.24) is 14.7 Å². The van der Waals surface area contributed by atoms with Gasteiger partial charge in [0.15, 0.2) is 17.4 Å². The molecule has 2 aromatic rings. The molecule has 0 N–H and O–H groups in total. The number of rotatable bonds is 4. The van der Waals surface area contributed by atoms with E-state index in [9.17, 15) is 17.6 Å². The zero-order valence-electron chi connectivity index (χ0n) is 13.8. The molecule has 1 aromatic heterocycles. The maximum atomic E-state index is 14.1. The van der Waals surface area contributed by atoms with Crippen LogP contribution >= 0.6 is 0 Å². The van der Waals surface area contributed by atoms with E-state index in [0.717, 1.165) is 18.2 Å². The highest BCUT2D eigenvalue weighted by atomic mass is 19.2. The molecule has 4 nitrogen and oxygen atoms in total. The van der Waals surface area contributed by atoms with Crippen molar-refractivity contribution in [2.45, 2.75) is 13.0 Å². The first kappa shape index (κ1) is 17.5. The molecule has 0 unspecified atom stereocenters. The first-order valence-electron chi connectivity index (χ1n) is 7.71. The average molecular weight is 355 g/mol. The van der Waals surface area contributed by atoms with Crippen LogP contribution in [0.5, 0.6) is 5.75 Å². The van der Waals surface area contributed by atoms with Crippen LogP contribution in [0.25, 0.3) is 5.57 Å². The molecule has 1 aromatic carbocycles. The van der Waals surface area contributed by atoms with Crippen LogP contribution < -0.4 is 4.74 Å². The van der Waals surface area contributed by atoms with Gasteiger partial charge in [-0.15, -0.1) is 0 Å². The molecule has 0 spiro atoms. The molecule has 1 aliphatic rings. The summed E-state index contributed by atoms with van der Waals surface area (Å²) < 4.78 is 61.8. The van der Waals surface area contributed by atoms with Crippen molar-refractivity contribution in [3.8, 4) is 5.75 Å². The van der Waals surface area contributed by atoms with Crippen LogP contribution in [0.1, 0.15) is 17.5 Å². The Morgan fingerprint density at radius 2 is 1.80 bits per heavy atom. The van der Waals surface area contributed by atoms with Crippen molar-refractivity contribution in [1.29, 1.82) is 0 Å². The number of benzene rings is 1. The maximum absolute atomic E-state index is 14.1. The van der Waals surface area contributed by atoms with Gasteiger partial charge < -0.3 is 4.74 Å². The zero-order valence-corrected chi connectivity index (χ0v) is 13.8. The van der Waals surface area contributed by atoms with Crippen LogP contribution in [-0.2, 0) is 13.6 Å². The lowest BCUT2D eigenvalue weighted by Gasteiger charge is -2.26. The van der Waals surface area contributed by atoms with Crippen LogP contribution in [0.15, 0.2) is 18.5 Å². The molecule has 0 saturated carbocycles. The first-order valence-corrected chi connectivity index (χ1v) is 7.71. The highest BCUT2D eigenvalue weighted by Gasteiger charge is 2.27. The van der Waals surface area contributed by atoms with Gasteiger partial charge in [-0.2, -0.15) is 13.9 Å². The van der Waals surface area contributed by atoms with E-state index in [1.54, 1.807) is 15.8 Å². The summed E-state index contributed by atoms with van der Waals surface area (Å²) in [5, 5.41) is 4.11. The fraction of sp³-hybridized carbons (Fsp3) is 0.353. The second-order valence-corrected chi connectivity index (χ2v) is 5.88. The monoisotopic (exact) mass is 355 g/mol. The van der Waals surface area contributed by atoms with Gasteiger partial charge in [0.25, 0.3) is 0 Å². The molecule has 8 heteroatoms. The van der Waals surface area contributed by atoms with E-state index in [1.807, 2.05) is 19.3 Å². The highest BCUT2D eigenvalue weighted by molar-refractivity contribution is 5.65. The molecule has 0 amide bonds. The van der Waals surface area contributed by atoms with Crippen LogP contribution in [-0.4, -0.2) is 34.9 Å². The Bertz CT molecular complexity index is 803. The first-order chi connectivity index (χ1) is 11.9. The molecule has 1 aliphatic heterocycles. The normalized spacial score (nSPS) is 15.4. The number of halogens is 4. The summed E-state index contributed by atoms with van der Waals surface area (Å²) in [5.41, 5.74) is 1.44. The Balaban J connectivity index is 1.79. The second kappa shape index (κ2) is 6.87. The van der Waals surface area contributed by atoms with Gasteiger partial charge in [-0.3, -0.25) is 9.58 Å². The molecule has 0 saturated heterocycles. The fourth-order valence-electron chi connectivity index (χ4n) is 2.90. The number of nitrogens with zero attached hydrogens (tertiary/aromatic N) is 3. The molecular weight excluding hydrogens is 338 g/mol. The van der Waals surface area contributed by atoms with Gasteiger partial charge >= 0.3 is 0 Å². The number of ether oxygens (including phenoxy) is 1. The van der Waals surface area contributed by atoms with Crippen LogP contribution in [0.2, 0.25) is 0 Å². The lowest BCUT2D eigenvalue weighted by Crippen LogP contribution is -2.29. The quantitative estimate of drug-likeness (QED) is 0.623. The van der Waals surface area contributed by atoms with Gasteiger partial charge in [-0.25, -0.2) is 8.78 Å². The van der Waals surface area contributed by atoms with Crippen molar-refractivity contribution >= 4 is 5.57 Å². The van der Waals surface area contributed by atoms with Gasteiger partial charge in [-0.05, 0) is 12.0 Å². The Hall–Kier alpha value is -2.35. The Labute approximate surface area is 142 Å². The standard InChI is InChI=1S/C17H17F4N3O/c1-23-8-11(7-22-23)10-3-5-24(6-4-10)9-12-13(18)15(20)17(25-2)16(21)14(12)19/h3,7-8H,4-6,9H2,1-2H3. The summed E-state index contributed by atoms with van der Waals surface area (Å²) in [6, 6.07) is 0. The fourth-order valence-corrected chi connectivity index (χ4v) is 2.90. The summed E-state index contributed by atoms with van der Waals surface area (Å²) >= 11 is 0. The number of hydrogen-bond donors (Lipinski definition) is 0. The van der Waals surface area contributed by atoms with Crippen LogP contribution in [0, 0.1) is 23.3 Å². The van der Waals surface area contributed by atoms with E-state index in [4.69, 9.17) is 0 Å². The topological polar surface area (TPSA) is 30.3 Å². The van der Waals surface area contributed by atoms with Crippen LogP contribution in [0.4, 0.5) is 17.6 Å². The minimum absolute atomic E-state index is 0.230. The van der Waals surface area contributed by atoms with E-state index in [0.29, 0.717) is 19.5 Å². The molecule has 0 bridgehead atoms. The zero-order chi connectivity index (χ0) is 18.1. The summed E-state index contributed by atoms with van der Waals surface area (Å²) in [6.45, 7) is 0.694.